The van der Waals surface area contributed by atoms with Crippen LogP contribution in [0.2, 0.25) is 0 Å². The van der Waals surface area contributed by atoms with Crippen LogP contribution in [0.4, 0.5) is 4.39 Å². The number of hydrogen-bond donors (Lipinski definition) is 1. The van der Waals surface area contributed by atoms with Gasteiger partial charge >= 0.3 is 0 Å². The standard InChI is InChI=1S/C16H22FNO3/c1-18(13-5-3-4-6-14(13)19)10-15(20)12-9-11(17)7-8-16(12)21-2/h7-9,13-14,19H,3-6,10H2,1-2H3. The van der Waals surface area contributed by atoms with Crippen molar-refractivity contribution in [1.29, 1.82) is 0 Å². The molecule has 4 nitrogen and oxygen atoms in total. The highest BCUT2D eigenvalue weighted by atomic mass is 19.1. The van der Waals surface area contributed by atoms with Gasteiger partial charge in [0, 0.05) is 6.04 Å². The Hall–Kier alpha value is -1.46. The first-order valence-corrected chi connectivity index (χ1v) is 7.28. The van der Waals surface area contributed by atoms with E-state index < -0.39 is 11.9 Å². The van der Waals surface area contributed by atoms with Gasteiger partial charge in [-0.15, -0.1) is 0 Å². The van der Waals surface area contributed by atoms with Crippen LogP contribution in [0.3, 0.4) is 0 Å². The zero-order chi connectivity index (χ0) is 15.4. The Kier molecular flexibility index (Phi) is 5.31. The number of nitrogens with zero attached hydrogens (tertiary/aromatic N) is 1. The fourth-order valence-electron chi connectivity index (χ4n) is 2.93. The summed E-state index contributed by atoms with van der Waals surface area (Å²) in [6.07, 6.45) is 3.34. The molecule has 0 spiro atoms. The number of Topliss-reactive ketones (excluding diaryl/α,β-unsaturated/α-hetero) is 1. The van der Waals surface area contributed by atoms with E-state index in [0.717, 1.165) is 25.7 Å². The fraction of sp³-hybridized carbons (Fsp3) is 0.562. The van der Waals surface area contributed by atoms with Crippen molar-refractivity contribution in [2.45, 2.75) is 37.8 Å². The summed E-state index contributed by atoms with van der Waals surface area (Å²) in [6.45, 7) is 0.140. The molecule has 0 aliphatic heterocycles. The monoisotopic (exact) mass is 295 g/mol. The van der Waals surface area contributed by atoms with Crippen molar-refractivity contribution >= 4 is 5.78 Å². The molecule has 5 heteroatoms. The predicted molar refractivity (Wildman–Crippen MR) is 78.2 cm³/mol. The van der Waals surface area contributed by atoms with Gasteiger partial charge in [0.2, 0.25) is 0 Å². The molecule has 1 aliphatic rings. The number of likely N-dealkylation sites (N-methyl/N-ethyl adjacent to an activating group) is 1. The number of benzene rings is 1. The third kappa shape index (κ3) is 3.80. The third-order valence-corrected chi connectivity index (χ3v) is 4.12. The molecule has 2 atom stereocenters. The van der Waals surface area contributed by atoms with Crippen LogP contribution in [0.5, 0.6) is 5.75 Å². The fourth-order valence-corrected chi connectivity index (χ4v) is 2.93. The molecule has 0 amide bonds. The molecule has 21 heavy (non-hydrogen) atoms. The second kappa shape index (κ2) is 7.00. The average molecular weight is 295 g/mol. The Labute approximate surface area is 124 Å². The Morgan fingerprint density at radius 3 is 2.81 bits per heavy atom. The minimum absolute atomic E-state index is 0.0118. The van der Waals surface area contributed by atoms with Crippen LogP contribution in [0, 0.1) is 5.82 Å². The summed E-state index contributed by atoms with van der Waals surface area (Å²) in [5.74, 6) is -0.287. The van der Waals surface area contributed by atoms with Crippen LogP contribution in [-0.2, 0) is 0 Å². The quantitative estimate of drug-likeness (QED) is 0.847. The number of hydrogen-bond acceptors (Lipinski definition) is 4. The average Bonchev–Trinajstić information content (AvgIpc) is 2.47. The Morgan fingerprint density at radius 2 is 2.14 bits per heavy atom. The number of aliphatic hydroxyl groups excluding tert-OH is 1. The molecule has 1 aromatic rings. The molecule has 2 unspecified atom stereocenters. The molecule has 0 heterocycles. The zero-order valence-corrected chi connectivity index (χ0v) is 12.5. The molecule has 1 aromatic carbocycles. The van der Waals surface area contributed by atoms with Crippen molar-refractivity contribution in [2.24, 2.45) is 0 Å². The molecular weight excluding hydrogens is 273 g/mol. The summed E-state index contributed by atoms with van der Waals surface area (Å²) in [6, 6.07) is 3.91. The van der Waals surface area contributed by atoms with Gasteiger partial charge in [-0.3, -0.25) is 9.69 Å². The first-order chi connectivity index (χ1) is 10.0. The Balaban J connectivity index is 2.08. The van der Waals surface area contributed by atoms with Crippen molar-refractivity contribution in [3.8, 4) is 5.75 Å². The van der Waals surface area contributed by atoms with Gasteiger partial charge in [-0.05, 0) is 38.1 Å². The van der Waals surface area contributed by atoms with Crippen LogP contribution in [0.15, 0.2) is 18.2 Å². The lowest BCUT2D eigenvalue weighted by Crippen LogP contribution is -2.45. The van der Waals surface area contributed by atoms with Crippen molar-refractivity contribution in [2.75, 3.05) is 20.7 Å². The lowest BCUT2D eigenvalue weighted by molar-refractivity contribution is 0.0321. The van der Waals surface area contributed by atoms with Crippen molar-refractivity contribution in [3.63, 3.8) is 0 Å². The van der Waals surface area contributed by atoms with Crippen LogP contribution in [0.25, 0.3) is 0 Å². The molecule has 116 valence electrons. The maximum Gasteiger partial charge on any atom is 0.180 e. The Bertz CT molecular complexity index is 506. The number of methoxy groups -OCH3 is 1. The highest BCUT2D eigenvalue weighted by Crippen LogP contribution is 2.24. The van der Waals surface area contributed by atoms with Gasteiger partial charge in [0.05, 0.1) is 25.3 Å². The summed E-state index contributed by atoms with van der Waals surface area (Å²) in [4.78, 5) is 14.2. The molecular formula is C16H22FNO3. The number of carbonyl (C=O) groups excluding carboxylic acids is 1. The van der Waals surface area contributed by atoms with Gasteiger partial charge in [-0.25, -0.2) is 4.39 Å². The molecule has 0 radical (unpaired) electrons. The minimum Gasteiger partial charge on any atom is -0.496 e. The van der Waals surface area contributed by atoms with Gasteiger partial charge in [0.1, 0.15) is 11.6 Å². The van der Waals surface area contributed by atoms with Crippen molar-refractivity contribution in [3.05, 3.63) is 29.6 Å². The predicted octanol–water partition coefficient (Wildman–Crippen LogP) is 2.25. The second-order valence-corrected chi connectivity index (χ2v) is 5.60. The zero-order valence-electron chi connectivity index (χ0n) is 12.5. The van der Waals surface area contributed by atoms with E-state index in [0.29, 0.717) is 5.75 Å². The minimum atomic E-state index is -0.459. The van der Waals surface area contributed by atoms with E-state index in [2.05, 4.69) is 0 Å². The smallest absolute Gasteiger partial charge is 0.180 e. The van der Waals surface area contributed by atoms with Crippen molar-refractivity contribution < 1.29 is 19.0 Å². The van der Waals surface area contributed by atoms with Gasteiger partial charge in [-0.1, -0.05) is 12.8 Å². The van der Waals surface area contributed by atoms with Crippen LogP contribution in [-0.4, -0.2) is 48.6 Å². The van der Waals surface area contributed by atoms with E-state index in [1.165, 1.54) is 25.3 Å². The molecule has 1 saturated carbocycles. The molecule has 0 saturated heterocycles. The summed E-state index contributed by atoms with van der Waals surface area (Å²) in [5, 5.41) is 10.0. The number of ether oxygens (including phenoxy) is 1. The largest absolute Gasteiger partial charge is 0.496 e. The van der Waals surface area contributed by atoms with Crippen molar-refractivity contribution in [1.82, 2.24) is 4.90 Å². The summed E-state index contributed by atoms with van der Waals surface area (Å²) in [7, 11) is 3.28. The first kappa shape index (κ1) is 15.9. The SMILES string of the molecule is COc1ccc(F)cc1C(=O)CN(C)C1CCCCC1O. The van der Waals surface area contributed by atoms with E-state index >= 15 is 0 Å². The number of aliphatic hydroxyl groups is 1. The van der Waals surface area contributed by atoms with E-state index in [1.54, 1.807) is 0 Å². The molecule has 1 N–H and O–H groups in total. The first-order valence-electron chi connectivity index (χ1n) is 7.28. The summed E-state index contributed by atoms with van der Waals surface area (Å²) >= 11 is 0. The third-order valence-electron chi connectivity index (χ3n) is 4.12. The van der Waals surface area contributed by atoms with E-state index in [4.69, 9.17) is 4.74 Å². The molecule has 1 fully saturated rings. The molecule has 2 rings (SSSR count). The lowest BCUT2D eigenvalue weighted by atomic mass is 9.91. The number of ketones is 1. The maximum absolute atomic E-state index is 13.3. The Morgan fingerprint density at radius 1 is 1.43 bits per heavy atom. The van der Waals surface area contributed by atoms with E-state index in [1.807, 2.05) is 11.9 Å². The topological polar surface area (TPSA) is 49.8 Å². The number of halogens is 1. The summed E-state index contributed by atoms with van der Waals surface area (Å²) < 4.78 is 18.5. The highest BCUT2D eigenvalue weighted by molar-refractivity contribution is 6.00. The molecule has 0 aromatic heterocycles. The van der Waals surface area contributed by atoms with Crippen LogP contribution in [0.1, 0.15) is 36.0 Å². The normalized spacial score (nSPS) is 22.3. The highest BCUT2D eigenvalue weighted by Gasteiger charge is 2.28. The molecule has 1 aliphatic carbocycles. The van der Waals surface area contributed by atoms with E-state index in [-0.39, 0.29) is 23.9 Å². The van der Waals surface area contributed by atoms with Gasteiger partial charge in [0.25, 0.3) is 0 Å². The van der Waals surface area contributed by atoms with E-state index in [9.17, 15) is 14.3 Å². The van der Waals surface area contributed by atoms with Gasteiger partial charge < -0.3 is 9.84 Å². The second-order valence-electron chi connectivity index (χ2n) is 5.60. The maximum atomic E-state index is 13.3. The number of carbonyl (C=O) groups is 1. The molecule has 0 bridgehead atoms. The summed E-state index contributed by atoms with van der Waals surface area (Å²) in [5.41, 5.74) is 0.245. The van der Waals surface area contributed by atoms with Gasteiger partial charge in [0.15, 0.2) is 5.78 Å². The van der Waals surface area contributed by atoms with Crippen LogP contribution < -0.4 is 4.74 Å². The van der Waals surface area contributed by atoms with Gasteiger partial charge in [-0.2, -0.15) is 0 Å². The lowest BCUT2D eigenvalue weighted by Gasteiger charge is -2.34. The van der Waals surface area contributed by atoms with Crippen LogP contribution >= 0.6 is 0 Å². The number of rotatable bonds is 5.